The summed E-state index contributed by atoms with van der Waals surface area (Å²) in [4.78, 5) is 15.7. The molecule has 1 saturated carbocycles. The van der Waals surface area contributed by atoms with Crippen LogP contribution in [0.4, 0.5) is 0 Å². The van der Waals surface area contributed by atoms with Crippen LogP contribution < -0.4 is 5.32 Å². The Kier molecular flexibility index (Phi) is 3.45. The zero-order chi connectivity index (χ0) is 10.5. The van der Waals surface area contributed by atoms with E-state index in [1.807, 2.05) is 18.2 Å². The van der Waals surface area contributed by atoms with Crippen molar-refractivity contribution in [2.45, 2.75) is 31.7 Å². The molecule has 1 aliphatic rings. The number of hydrogen-bond donors (Lipinski definition) is 1. The number of rotatable bonds is 6. The molecule has 3 nitrogen and oxygen atoms in total. The smallest absolute Gasteiger partial charge is 0.140 e. The van der Waals surface area contributed by atoms with Gasteiger partial charge in [-0.15, -0.1) is 0 Å². The number of Topliss-reactive ketones (excluding diaryl/α,β-unsaturated/α-hetero) is 1. The highest BCUT2D eigenvalue weighted by molar-refractivity contribution is 5.80. The van der Waals surface area contributed by atoms with Crippen LogP contribution in [0, 0.1) is 0 Å². The molecule has 0 saturated heterocycles. The fraction of sp³-hybridized carbons (Fsp3) is 0.500. The van der Waals surface area contributed by atoms with E-state index >= 15 is 0 Å². The molecule has 1 aromatic heterocycles. The van der Waals surface area contributed by atoms with Crippen molar-refractivity contribution in [2.24, 2.45) is 0 Å². The third-order valence-corrected chi connectivity index (χ3v) is 2.52. The molecular formula is C12H16N2O. The van der Waals surface area contributed by atoms with Crippen LogP contribution in [-0.2, 0) is 11.2 Å². The lowest BCUT2D eigenvalue weighted by Gasteiger charge is -2.01. The van der Waals surface area contributed by atoms with Crippen molar-refractivity contribution < 1.29 is 4.79 Å². The molecule has 1 N–H and O–H groups in total. The Bertz CT molecular complexity index is 320. The minimum Gasteiger partial charge on any atom is -0.314 e. The lowest BCUT2D eigenvalue weighted by Crippen LogP contribution is -2.21. The first-order chi connectivity index (χ1) is 7.34. The number of carbonyl (C=O) groups is 1. The van der Waals surface area contributed by atoms with E-state index in [9.17, 15) is 4.79 Å². The van der Waals surface area contributed by atoms with Gasteiger partial charge >= 0.3 is 0 Å². The minimum atomic E-state index is 0.266. The van der Waals surface area contributed by atoms with Crippen molar-refractivity contribution in [1.82, 2.24) is 10.3 Å². The zero-order valence-corrected chi connectivity index (χ0v) is 8.78. The van der Waals surface area contributed by atoms with Gasteiger partial charge in [0.2, 0.25) is 0 Å². The highest BCUT2D eigenvalue weighted by Crippen LogP contribution is 2.18. The number of carbonyl (C=O) groups excluding carboxylic acids is 1. The normalized spacial score (nSPS) is 15.2. The molecule has 0 unspecified atom stereocenters. The first kappa shape index (κ1) is 10.3. The lowest BCUT2D eigenvalue weighted by atomic mass is 10.1. The molecule has 0 bridgehead atoms. The van der Waals surface area contributed by atoms with E-state index in [-0.39, 0.29) is 5.78 Å². The second-order valence-electron chi connectivity index (χ2n) is 4.01. The van der Waals surface area contributed by atoms with E-state index in [1.54, 1.807) is 6.20 Å². The second-order valence-corrected chi connectivity index (χ2v) is 4.01. The Balaban J connectivity index is 1.67. The van der Waals surface area contributed by atoms with Crippen LogP contribution in [0.5, 0.6) is 0 Å². The lowest BCUT2D eigenvalue weighted by molar-refractivity contribution is -0.118. The summed E-state index contributed by atoms with van der Waals surface area (Å²) in [6.07, 6.45) is 5.36. The molecule has 2 rings (SSSR count). The van der Waals surface area contributed by atoms with Gasteiger partial charge in [-0.1, -0.05) is 6.07 Å². The molecule has 1 heterocycles. The van der Waals surface area contributed by atoms with Crippen LogP contribution in [0.25, 0.3) is 0 Å². The van der Waals surface area contributed by atoms with E-state index in [1.165, 1.54) is 12.8 Å². The average molecular weight is 204 g/mol. The van der Waals surface area contributed by atoms with Gasteiger partial charge in [-0.25, -0.2) is 0 Å². The van der Waals surface area contributed by atoms with Crippen LogP contribution in [-0.4, -0.2) is 23.4 Å². The van der Waals surface area contributed by atoms with E-state index in [0.717, 1.165) is 12.2 Å². The molecular weight excluding hydrogens is 188 g/mol. The molecule has 0 spiro atoms. The number of ketones is 1. The Labute approximate surface area is 89.9 Å². The van der Waals surface area contributed by atoms with Crippen molar-refractivity contribution in [2.75, 3.05) is 6.54 Å². The van der Waals surface area contributed by atoms with Crippen molar-refractivity contribution >= 4 is 5.78 Å². The molecule has 0 atom stereocenters. The largest absolute Gasteiger partial charge is 0.314 e. The van der Waals surface area contributed by atoms with Crippen LogP contribution in [0.15, 0.2) is 24.4 Å². The number of hydrogen-bond acceptors (Lipinski definition) is 3. The van der Waals surface area contributed by atoms with Crippen molar-refractivity contribution in [3.8, 4) is 0 Å². The fourth-order valence-electron chi connectivity index (χ4n) is 1.50. The van der Waals surface area contributed by atoms with Crippen molar-refractivity contribution in [1.29, 1.82) is 0 Å². The number of nitrogens with zero attached hydrogens (tertiary/aromatic N) is 1. The van der Waals surface area contributed by atoms with E-state index in [0.29, 0.717) is 18.9 Å². The van der Waals surface area contributed by atoms with Gasteiger partial charge in [0, 0.05) is 37.3 Å². The van der Waals surface area contributed by atoms with Gasteiger partial charge in [0.15, 0.2) is 0 Å². The molecule has 1 aromatic rings. The summed E-state index contributed by atoms with van der Waals surface area (Å²) in [5, 5.41) is 3.33. The Hall–Kier alpha value is -1.22. The number of pyridine rings is 1. The molecule has 1 fully saturated rings. The van der Waals surface area contributed by atoms with Crippen LogP contribution in [0.3, 0.4) is 0 Å². The van der Waals surface area contributed by atoms with E-state index in [2.05, 4.69) is 10.3 Å². The summed E-state index contributed by atoms with van der Waals surface area (Å²) < 4.78 is 0. The third kappa shape index (κ3) is 3.80. The van der Waals surface area contributed by atoms with E-state index < -0.39 is 0 Å². The maximum atomic E-state index is 11.5. The van der Waals surface area contributed by atoms with Crippen LogP contribution in [0.1, 0.15) is 25.0 Å². The molecule has 0 aliphatic heterocycles. The highest BCUT2D eigenvalue weighted by atomic mass is 16.1. The Morgan fingerprint density at radius 3 is 3.00 bits per heavy atom. The van der Waals surface area contributed by atoms with Gasteiger partial charge in [0.25, 0.3) is 0 Å². The average Bonchev–Trinajstić information content (AvgIpc) is 3.03. The third-order valence-electron chi connectivity index (χ3n) is 2.52. The van der Waals surface area contributed by atoms with E-state index in [4.69, 9.17) is 0 Å². The summed E-state index contributed by atoms with van der Waals surface area (Å²) >= 11 is 0. The molecule has 80 valence electrons. The molecule has 0 radical (unpaired) electrons. The monoisotopic (exact) mass is 204 g/mol. The molecule has 1 aliphatic carbocycles. The number of aromatic nitrogens is 1. The van der Waals surface area contributed by atoms with Crippen LogP contribution in [0.2, 0.25) is 0 Å². The van der Waals surface area contributed by atoms with Crippen LogP contribution >= 0.6 is 0 Å². The quantitative estimate of drug-likeness (QED) is 0.760. The molecule has 15 heavy (non-hydrogen) atoms. The number of nitrogens with one attached hydrogen (secondary N) is 1. The summed E-state index contributed by atoms with van der Waals surface area (Å²) in [6, 6.07) is 6.36. The molecule has 0 amide bonds. The topological polar surface area (TPSA) is 42.0 Å². The van der Waals surface area contributed by atoms with Gasteiger partial charge < -0.3 is 5.32 Å². The maximum absolute atomic E-state index is 11.5. The Morgan fingerprint density at radius 2 is 2.33 bits per heavy atom. The van der Waals surface area contributed by atoms with Gasteiger partial charge in [-0.3, -0.25) is 9.78 Å². The fourth-order valence-corrected chi connectivity index (χ4v) is 1.50. The predicted molar refractivity (Wildman–Crippen MR) is 58.6 cm³/mol. The van der Waals surface area contributed by atoms with Gasteiger partial charge in [0.1, 0.15) is 5.78 Å². The summed E-state index contributed by atoms with van der Waals surface area (Å²) in [6.45, 7) is 0.816. The molecule has 0 aromatic carbocycles. The predicted octanol–water partition coefficient (Wildman–Crippen LogP) is 1.34. The summed E-state index contributed by atoms with van der Waals surface area (Å²) in [5.41, 5.74) is 0.869. The minimum absolute atomic E-state index is 0.266. The van der Waals surface area contributed by atoms with Crippen molar-refractivity contribution in [3.63, 3.8) is 0 Å². The second kappa shape index (κ2) is 5.03. The summed E-state index contributed by atoms with van der Waals surface area (Å²) in [5.74, 6) is 0.266. The first-order valence-electron chi connectivity index (χ1n) is 5.49. The SMILES string of the molecule is O=C(CCNC1CC1)Cc1ccccn1. The van der Waals surface area contributed by atoms with Gasteiger partial charge in [-0.2, -0.15) is 0 Å². The standard InChI is InChI=1S/C12H16N2O/c15-12(6-8-14-10-4-5-10)9-11-3-1-2-7-13-11/h1-3,7,10,14H,4-6,8-9H2. The first-order valence-corrected chi connectivity index (χ1v) is 5.49. The zero-order valence-electron chi connectivity index (χ0n) is 8.78. The van der Waals surface area contributed by atoms with Gasteiger partial charge in [-0.05, 0) is 25.0 Å². The van der Waals surface area contributed by atoms with Gasteiger partial charge in [0.05, 0.1) is 0 Å². The van der Waals surface area contributed by atoms with Crippen molar-refractivity contribution in [3.05, 3.63) is 30.1 Å². The maximum Gasteiger partial charge on any atom is 0.140 e. The highest BCUT2D eigenvalue weighted by Gasteiger charge is 2.20. The summed E-state index contributed by atoms with van der Waals surface area (Å²) in [7, 11) is 0. The Morgan fingerprint density at radius 1 is 1.47 bits per heavy atom. The molecule has 3 heteroatoms.